The van der Waals surface area contributed by atoms with Gasteiger partial charge in [-0.25, -0.2) is 5.01 Å². The van der Waals surface area contributed by atoms with Gasteiger partial charge in [-0.2, -0.15) is 5.10 Å². The number of rotatable bonds is 2. The Balaban J connectivity index is 1.83. The minimum atomic E-state index is 0.240. The van der Waals surface area contributed by atoms with Crippen molar-refractivity contribution in [2.24, 2.45) is 10.8 Å². The number of H-pyrrole nitrogens is 1. The van der Waals surface area contributed by atoms with Crippen LogP contribution in [0.1, 0.15) is 24.1 Å². The maximum absolute atomic E-state index is 5.93. The summed E-state index contributed by atoms with van der Waals surface area (Å²) in [6, 6.07) is 16.1. The molecule has 6 heteroatoms. The smallest absolute Gasteiger partial charge is 0.191 e. The number of aryl methyl sites for hydroxylation is 1. The number of benzene rings is 2. The number of aromatic amines is 1. The molecule has 2 aromatic carbocycles. The standard InChI is InChI=1S/C19H17BrN4S/c20-12-9-10-16-15(11-12)14-7-4-8-17(18(14)22-16)23-24(19(21)25)13-5-2-1-3-6-13/h1-3,5-6,9-11,22H,4,7-8H2,(H2,21,25). The average Bonchev–Trinajstić information content (AvgIpc) is 2.99. The number of nitrogens with zero attached hydrogens (tertiary/aromatic N) is 2. The van der Waals surface area contributed by atoms with E-state index in [1.54, 1.807) is 5.01 Å². The predicted molar refractivity (Wildman–Crippen MR) is 111 cm³/mol. The van der Waals surface area contributed by atoms with E-state index in [4.69, 9.17) is 23.1 Å². The number of nitrogens with one attached hydrogen (secondary N) is 1. The summed E-state index contributed by atoms with van der Waals surface area (Å²) in [5, 5.41) is 7.93. The molecule has 3 aromatic rings. The lowest BCUT2D eigenvalue weighted by Gasteiger charge is -2.21. The number of thiocarbonyl (C=S) groups is 1. The van der Waals surface area contributed by atoms with Gasteiger partial charge in [0.1, 0.15) is 0 Å². The summed E-state index contributed by atoms with van der Waals surface area (Å²) in [5.74, 6) is 0. The van der Waals surface area contributed by atoms with Gasteiger partial charge in [0, 0.05) is 15.4 Å². The Morgan fingerprint density at radius 1 is 1.16 bits per heavy atom. The molecule has 3 N–H and O–H groups in total. The van der Waals surface area contributed by atoms with Crippen LogP contribution in [0.25, 0.3) is 10.9 Å². The summed E-state index contributed by atoms with van der Waals surface area (Å²) < 4.78 is 1.08. The molecule has 4 nitrogen and oxygen atoms in total. The third-order valence-electron chi connectivity index (χ3n) is 4.43. The van der Waals surface area contributed by atoms with E-state index in [2.05, 4.69) is 33.0 Å². The molecule has 0 bridgehead atoms. The van der Waals surface area contributed by atoms with E-state index in [1.165, 1.54) is 10.9 Å². The van der Waals surface area contributed by atoms with Crippen molar-refractivity contribution in [3.05, 3.63) is 64.3 Å². The highest BCUT2D eigenvalue weighted by atomic mass is 79.9. The fraction of sp³-hybridized carbons (Fsp3) is 0.158. The van der Waals surface area contributed by atoms with E-state index in [-0.39, 0.29) is 5.11 Å². The number of fused-ring (bicyclic) bond motifs is 3. The van der Waals surface area contributed by atoms with Crippen LogP contribution in [0.2, 0.25) is 0 Å². The molecule has 0 radical (unpaired) electrons. The van der Waals surface area contributed by atoms with E-state index < -0.39 is 0 Å². The fourth-order valence-electron chi connectivity index (χ4n) is 3.31. The van der Waals surface area contributed by atoms with Crippen molar-refractivity contribution in [1.29, 1.82) is 0 Å². The van der Waals surface area contributed by atoms with Gasteiger partial charge in [0.15, 0.2) is 5.11 Å². The number of anilines is 1. The number of hydrazone groups is 1. The van der Waals surface area contributed by atoms with Crippen LogP contribution in [0.4, 0.5) is 5.69 Å². The number of nitrogens with two attached hydrogens (primary N) is 1. The van der Waals surface area contributed by atoms with E-state index in [0.29, 0.717) is 0 Å². The number of para-hydroxylation sites is 1. The molecular formula is C19H17BrN4S. The highest BCUT2D eigenvalue weighted by Crippen LogP contribution is 2.31. The Morgan fingerprint density at radius 3 is 2.72 bits per heavy atom. The van der Waals surface area contributed by atoms with Crippen molar-refractivity contribution in [3.63, 3.8) is 0 Å². The van der Waals surface area contributed by atoms with Crippen LogP contribution in [0, 0.1) is 0 Å². The Labute approximate surface area is 159 Å². The van der Waals surface area contributed by atoms with Crippen LogP contribution in [0.15, 0.2) is 58.1 Å². The highest BCUT2D eigenvalue weighted by Gasteiger charge is 2.22. The second kappa shape index (κ2) is 6.61. The zero-order valence-electron chi connectivity index (χ0n) is 13.5. The molecule has 1 aliphatic carbocycles. The van der Waals surface area contributed by atoms with Crippen molar-refractivity contribution < 1.29 is 0 Å². The van der Waals surface area contributed by atoms with Gasteiger partial charge < -0.3 is 10.7 Å². The van der Waals surface area contributed by atoms with Crippen molar-refractivity contribution in [1.82, 2.24) is 4.98 Å². The van der Waals surface area contributed by atoms with Crippen LogP contribution in [0.3, 0.4) is 0 Å². The minimum Gasteiger partial charge on any atom is -0.374 e. The van der Waals surface area contributed by atoms with Crippen LogP contribution in [0.5, 0.6) is 0 Å². The topological polar surface area (TPSA) is 57.4 Å². The molecule has 0 saturated heterocycles. The first-order chi connectivity index (χ1) is 12.1. The Kier molecular flexibility index (Phi) is 4.31. The molecule has 1 heterocycles. The van der Waals surface area contributed by atoms with Crippen molar-refractivity contribution in [2.75, 3.05) is 5.01 Å². The first kappa shape index (κ1) is 16.3. The molecular weight excluding hydrogens is 396 g/mol. The summed E-state index contributed by atoms with van der Waals surface area (Å²) in [5.41, 5.74) is 11.3. The van der Waals surface area contributed by atoms with Gasteiger partial charge in [-0.05, 0) is 67.4 Å². The summed E-state index contributed by atoms with van der Waals surface area (Å²) in [6.07, 6.45) is 3.00. The van der Waals surface area contributed by atoms with Crippen molar-refractivity contribution >= 4 is 55.6 Å². The van der Waals surface area contributed by atoms with Crippen LogP contribution in [-0.2, 0) is 6.42 Å². The molecule has 126 valence electrons. The molecule has 1 aromatic heterocycles. The molecule has 0 amide bonds. The third-order valence-corrected chi connectivity index (χ3v) is 5.09. The fourth-order valence-corrected chi connectivity index (χ4v) is 3.82. The lowest BCUT2D eigenvalue weighted by molar-refractivity contribution is 0.835. The largest absolute Gasteiger partial charge is 0.374 e. The van der Waals surface area contributed by atoms with E-state index in [9.17, 15) is 0 Å². The van der Waals surface area contributed by atoms with Gasteiger partial charge >= 0.3 is 0 Å². The van der Waals surface area contributed by atoms with Crippen LogP contribution < -0.4 is 10.7 Å². The number of hydrogen-bond donors (Lipinski definition) is 2. The normalized spacial score (nSPS) is 15.3. The van der Waals surface area contributed by atoms with Gasteiger partial charge in [-0.1, -0.05) is 34.1 Å². The number of halogens is 1. The summed E-state index contributed by atoms with van der Waals surface area (Å²) in [4.78, 5) is 3.53. The lowest BCUT2D eigenvalue weighted by atomic mass is 9.94. The molecule has 0 saturated carbocycles. The van der Waals surface area contributed by atoms with E-state index >= 15 is 0 Å². The summed E-state index contributed by atoms with van der Waals surface area (Å²) in [7, 11) is 0. The molecule has 0 fully saturated rings. The van der Waals surface area contributed by atoms with E-state index in [0.717, 1.165) is 46.3 Å². The van der Waals surface area contributed by atoms with Crippen LogP contribution >= 0.6 is 28.1 Å². The molecule has 0 spiro atoms. The molecule has 1 aliphatic rings. The monoisotopic (exact) mass is 412 g/mol. The van der Waals surface area contributed by atoms with E-state index in [1.807, 2.05) is 36.4 Å². The zero-order valence-corrected chi connectivity index (χ0v) is 15.9. The first-order valence-corrected chi connectivity index (χ1v) is 9.36. The maximum Gasteiger partial charge on any atom is 0.191 e. The second-order valence-electron chi connectivity index (χ2n) is 6.05. The third kappa shape index (κ3) is 3.07. The second-order valence-corrected chi connectivity index (χ2v) is 7.39. The average molecular weight is 413 g/mol. The zero-order chi connectivity index (χ0) is 17.4. The Morgan fingerprint density at radius 2 is 1.96 bits per heavy atom. The van der Waals surface area contributed by atoms with Crippen molar-refractivity contribution in [3.8, 4) is 0 Å². The maximum atomic E-state index is 5.93. The summed E-state index contributed by atoms with van der Waals surface area (Å²) in [6.45, 7) is 0. The summed E-state index contributed by atoms with van der Waals surface area (Å²) >= 11 is 8.79. The Hall–Kier alpha value is -2.18. The molecule has 25 heavy (non-hydrogen) atoms. The quantitative estimate of drug-likeness (QED) is 0.472. The van der Waals surface area contributed by atoms with Gasteiger partial charge in [0.2, 0.25) is 0 Å². The van der Waals surface area contributed by atoms with Gasteiger partial charge in [0.25, 0.3) is 0 Å². The van der Waals surface area contributed by atoms with Crippen molar-refractivity contribution in [2.45, 2.75) is 19.3 Å². The first-order valence-electron chi connectivity index (χ1n) is 8.16. The SMILES string of the molecule is NC(=S)N(N=C1CCCc2c1[nH]c1ccc(Br)cc21)c1ccccc1. The molecule has 0 atom stereocenters. The van der Waals surface area contributed by atoms with Crippen LogP contribution in [-0.4, -0.2) is 15.8 Å². The number of aromatic nitrogens is 1. The highest BCUT2D eigenvalue weighted by molar-refractivity contribution is 9.10. The molecule has 4 rings (SSSR count). The lowest BCUT2D eigenvalue weighted by Crippen LogP contribution is -2.32. The Bertz CT molecular complexity index is 978. The predicted octanol–water partition coefficient (Wildman–Crippen LogP) is 4.72. The van der Waals surface area contributed by atoms with Gasteiger partial charge in [0.05, 0.1) is 17.1 Å². The molecule has 0 unspecified atom stereocenters. The minimum absolute atomic E-state index is 0.240. The molecule has 0 aliphatic heterocycles. The van der Waals surface area contributed by atoms with Gasteiger partial charge in [-0.3, -0.25) is 0 Å². The number of hydrogen-bond acceptors (Lipinski definition) is 2. The van der Waals surface area contributed by atoms with Gasteiger partial charge in [-0.15, -0.1) is 0 Å².